The Balaban J connectivity index is 2.70. The van der Waals surface area contributed by atoms with Crippen LogP contribution in [0.1, 0.15) is 0 Å². The van der Waals surface area contributed by atoms with Crippen LogP contribution in [0.15, 0.2) is 0 Å². The van der Waals surface area contributed by atoms with Crippen LogP contribution in [0.5, 0.6) is 0 Å². The van der Waals surface area contributed by atoms with Crippen molar-refractivity contribution in [2.24, 2.45) is 0 Å². The second-order valence-electron chi connectivity index (χ2n) is 2.43. The van der Waals surface area contributed by atoms with Crippen LogP contribution in [-0.2, 0) is 14.3 Å². The summed E-state index contributed by atoms with van der Waals surface area (Å²) in [5, 5.41) is 26.3. The molecule has 0 saturated carbocycles. The van der Waals surface area contributed by atoms with Crippen molar-refractivity contribution in [2.75, 3.05) is 6.61 Å². The zero-order valence-electron chi connectivity index (χ0n) is 6.01. The van der Waals surface area contributed by atoms with Gasteiger partial charge in [-0.1, -0.05) is 0 Å². The zero-order valence-corrected chi connectivity index (χ0v) is 6.01. The van der Waals surface area contributed by atoms with Crippen molar-refractivity contribution in [1.82, 2.24) is 0 Å². The normalized spacial score (nSPS) is 31.9. The molecule has 1 fully saturated rings. The maximum atomic E-state index is 10.6. The third-order valence-corrected chi connectivity index (χ3v) is 1.59. The summed E-state index contributed by atoms with van der Waals surface area (Å²) in [6.07, 6.45) is -4.43. The number of cyclic esters (lactones) is 1. The zero-order chi connectivity index (χ0) is 9.30. The number of ketones is 1. The third kappa shape index (κ3) is 1.31. The molecule has 1 rings (SSSR count). The third-order valence-electron chi connectivity index (χ3n) is 1.59. The van der Waals surface area contributed by atoms with Crippen molar-refractivity contribution < 1.29 is 29.6 Å². The van der Waals surface area contributed by atoms with E-state index >= 15 is 0 Å². The molecular weight excluding hydrogens is 168 g/mol. The predicted molar refractivity (Wildman–Crippen MR) is 34.0 cm³/mol. The van der Waals surface area contributed by atoms with E-state index in [1.54, 1.807) is 0 Å². The fraction of sp³-hybridized carbons (Fsp3) is 0.667. The van der Waals surface area contributed by atoms with Crippen molar-refractivity contribution in [3.8, 4) is 0 Å². The smallest absolute Gasteiger partial charge is 0.378 e. The number of ether oxygens (including phenoxy) is 1. The largest absolute Gasteiger partial charge is 0.450 e. The molecule has 6 nitrogen and oxygen atoms in total. The maximum Gasteiger partial charge on any atom is 0.378 e. The first kappa shape index (κ1) is 9.11. The summed E-state index contributed by atoms with van der Waals surface area (Å²) in [4.78, 5) is 21.1. The van der Waals surface area contributed by atoms with Crippen LogP contribution < -0.4 is 0 Å². The Morgan fingerprint density at radius 3 is 2.42 bits per heavy atom. The topological polar surface area (TPSA) is 104 Å². The van der Waals surface area contributed by atoms with Gasteiger partial charge in [0, 0.05) is 0 Å². The van der Waals surface area contributed by atoms with E-state index in [4.69, 9.17) is 15.3 Å². The average Bonchev–Trinajstić information content (AvgIpc) is 2.32. The number of hydrogen-bond acceptors (Lipinski definition) is 6. The van der Waals surface area contributed by atoms with Crippen molar-refractivity contribution in [1.29, 1.82) is 0 Å². The minimum Gasteiger partial charge on any atom is -0.450 e. The van der Waals surface area contributed by atoms with Gasteiger partial charge in [0.2, 0.25) is 0 Å². The van der Waals surface area contributed by atoms with Crippen LogP contribution in [0.3, 0.4) is 0 Å². The van der Waals surface area contributed by atoms with Gasteiger partial charge in [0.1, 0.15) is 6.10 Å². The Kier molecular flexibility index (Phi) is 2.41. The van der Waals surface area contributed by atoms with Crippen LogP contribution in [0.4, 0.5) is 0 Å². The summed E-state index contributed by atoms with van der Waals surface area (Å²) < 4.78 is 4.29. The molecule has 1 unspecified atom stereocenters. The van der Waals surface area contributed by atoms with Gasteiger partial charge in [-0.05, 0) is 0 Å². The molecule has 68 valence electrons. The molecule has 0 aromatic heterocycles. The fourth-order valence-electron chi connectivity index (χ4n) is 0.909. The molecule has 1 aliphatic rings. The van der Waals surface area contributed by atoms with Crippen LogP contribution in [0.25, 0.3) is 0 Å². The molecule has 0 spiro atoms. The molecule has 0 aromatic carbocycles. The highest BCUT2D eigenvalue weighted by atomic mass is 16.6. The Morgan fingerprint density at radius 1 is 1.50 bits per heavy atom. The minimum absolute atomic E-state index is 0.678. The second-order valence-corrected chi connectivity index (χ2v) is 2.43. The van der Waals surface area contributed by atoms with Gasteiger partial charge < -0.3 is 20.1 Å². The summed E-state index contributed by atoms with van der Waals surface area (Å²) in [6.45, 7) is -0.678. The lowest BCUT2D eigenvalue weighted by Gasteiger charge is -2.15. The number of carbonyl (C=O) groups is 2. The molecule has 0 bridgehead atoms. The van der Waals surface area contributed by atoms with E-state index in [9.17, 15) is 9.59 Å². The van der Waals surface area contributed by atoms with Gasteiger partial charge in [-0.25, -0.2) is 4.79 Å². The lowest BCUT2D eigenvalue weighted by atomic mass is 10.1. The van der Waals surface area contributed by atoms with E-state index in [-0.39, 0.29) is 0 Å². The molecular formula is C6H8O6. The van der Waals surface area contributed by atoms with Gasteiger partial charge in [-0.15, -0.1) is 0 Å². The van der Waals surface area contributed by atoms with E-state index in [1.807, 2.05) is 0 Å². The van der Waals surface area contributed by atoms with Gasteiger partial charge in [0.05, 0.1) is 6.61 Å². The number of aliphatic hydroxyl groups is 3. The number of hydrogen-bond donors (Lipinski definition) is 3. The molecule has 6 heteroatoms. The standard InChI is InChI=1S/C6H8O6/c7-1-2(8)5-3(9)4(10)6(11)12-5/h2-3,5,7-9H,1H2/t2-,3?,5+/m0/s1. The number of esters is 1. The van der Waals surface area contributed by atoms with Gasteiger partial charge >= 0.3 is 5.97 Å². The maximum absolute atomic E-state index is 10.6. The van der Waals surface area contributed by atoms with E-state index in [0.29, 0.717) is 0 Å². The van der Waals surface area contributed by atoms with E-state index in [2.05, 4.69) is 4.74 Å². The van der Waals surface area contributed by atoms with Crippen molar-refractivity contribution in [3.63, 3.8) is 0 Å². The molecule has 3 atom stereocenters. The molecule has 1 saturated heterocycles. The van der Waals surface area contributed by atoms with Crippen LogP contribution in [0.2, 0.25) is 0 Å². The number of Topliss-reactive ketones (excluding diaryl/α,β-unsaturated/α-hetero) is 1. The monoisotopic (exact) mass is 176 g/mol. The highest BCUT2D eigenvalue weighted by molar-refractivity contribution is 6.37. The molecule has 3 N–H and O–H groups in total. The SMILES string of the molecule is O=C1O[C@H]([C@@H](O)CO)C(O)C1=O. The number of carbonyl (C=O) groups excluding carboxylic acids is 2. The van der Waals surface area contributed by atoms with Crippen molar-refractivity contribution in [2.45, 2.75) is 18.3 Å². The van der Waals surface area contributed by atoms with Crippen LogP contribution in [0, 0.1) is 0 Å². The van der Waals surface area contributed by atoms with E-state index in [1.165, 1.54) is 0 Å². The molecule has 1 heterocycles. The van der Waals surface area contributed by atoms with Crippen LogP contribution >= 0.6 is 0 Å². The van der Waals surface area contributed by atoms with Crippen molar-refractivity contribution >= 4 is 11.8 Å². The summed E-state index contributed by atoms with van der Waals surface area (Å²) in [5.74, 6) is -2.27. The molecule has 0 aliphatic carbocycles. The Morgan fingerprint density at radius 2 is 2.08 bits per heavy atom. The van der Waals surface area contributed by atoms with Gasteiger partial charge in [0.25, 0.3) is 5.78 Å². The number of rotatable bonds is 2. The quantitative estimate of drug-likeness (QED) is 0.310. The molecule has 0 amide bonds. The summed E-state index contributed by atoms with van der Waals surface area (Å²) in [6, 6.07) is 0. The number of aliphatic hydroxyl groups excluding tert-OH is 3. The molecule has 12 heavy (non-hydrogen) atoms. The Hall–Kier alpha value is -0.980. The van der Waals surface area contributed by atoms with Gasteiger partial charge in [-0.3, -0.25) is 4.79 Å². The van der Waals surface area contributed by atoms with E-state index in [0.717, 1.165) is 0 Å². The molecule has 0 radical (unpaired) electrons. The minimum atomic E-state index is -1.67. The van der Waals surface area contributed by atoms with Crippen LogP contribution in [-0.4, -0.2) is 52.0 Å². The van der Waals surface area contributed by atoms with Crippen molar-refractivity contribution in [3.05, 3.63) is 0 Å². The van der Waals surface area contributed by atoms with Gasteiger partial charge in [-0.2, -0.15) is 0 Å². The first-order chi connectivity index (χ1) is 5.57. The van der Waals surface area contributed by atoms with E-state index < -0.39 is 36.7 Å². The highest BCUT2D eigenvalue weighted by Gasteiger charge is 2.45. The predicted octanol–water partition coefficient (Wildman–Crippen LogP) is -2.81. The lowest BCUT2D eigenvalue weighted by Crippen LogP contribution is -2.38. The summed E-state index contributed by atoms with van der Waals surface area (Å²) in [5.41, 5.74) is 0. The first-order valence-corrected chi connectivity index (χ1v) is 3.29. The Labute approximate surface area is 67.4 Å². The molecule has 1 aliphatic heterocycles. The fourth-order valence-corrected chi connectivity index (χ4v) is 0.909. The van der Waals surface area contributed by atoms with Gasteiger partial charge in [0.15, 0.2) is 12.2 Å². The first-order valence-electron chi connectivity index (χ1n) is 3.29. The lowest BCUT2D eigenvalue weighted by molar-refractivity contribution is -0.152. The average molecular weight is 176 g/mol. The molecule has 0 aromatic rings. The summed E-state index contributed by atoms with van der Waals surface area (Å²) >= 11 is 0. The Bertz CT molecular complexity index is 212. The summed E-state index contributed by atoms with van der Waals surface area (Å²) in [7, 11) is 0. The highest BCUT2D eigenvalue weighted by Crippen LogP contribution is 2.14. The second kappa shape index (κ2) is 3.18.